The number of hydrogen-bond donors (Lipinski definition) is 0. The van der Waals surface area contributed by atoms with Gasteiger partial charge < -0.3 is 0 Å². The van der Waals surface area contributed by atoms with Crippen LogP contribution in [0.15, 0.2) is 29.2 Å². The van der Waals surface area contributed by atoms with Crippen LogP contribution in [-0.2, 0) is 15.4 Å². The Kier molecular flexibility index (Phi) is 5.16. The zero-order valence-corrected chi connectivity index (χ0v) is 13.4. The van der Waals surface area contributed by atoms with Crippen LogP contribution in [-0.4, -0.2) is 25.8 Å². The van der Waals surface area contributed by atoms with Gasteiger partial charge in [0.05, 0.1) is 4.90 Å². The maximum absolute atomic E-state index is 12.4. The van der Waals surface area contributed by atoms with Crippen molar-refractivity contribution in [2.24, 2.45) is 0 Å². The molecule has 4 heteroatoms. The Bertz CT molecular complexity index is 499. The fraction of sp³-hybridized carbons (Fsp3) is 0.600. The molecule has 0 atom stereocenters. The average Bonchev–Trinajstić information content (AvgIpc) is 2.40. The van der Waals surface area contributed by atoms with Crippen molar-refractivity contribution >= 4 is 10.0 Å². The first kappa shape index (κ1) is 16.2. The molecule has 0 fully saturated rings. The third-order valence-corrected chi connectivity index (χ3v) is 5.93. The van der Waals surface area contributed by atoms with Gasteiger partial charge in [0.15, 0.2) is 0 Å². The Morgan fingerprint density at radius 3 is 1.84 bits per heavy atom. The van der Waals surface area contributed by atoms with E-state index in [2.05, 4.69) is 20.8 Å². The molecule has 19 heavy (non-hydrogen) atoms. The normalized spacial score (nSPS) is 12.9. The van der Waals surface area contributed by atoms with Gasteiger partial charge in [-0.1, -0.05) is 46.8 Å². The minimum atomic E-state index is -3.34. The predicted molar refractivity (Wildman–Crippen MR) is 79.9 cm³/mol. The summed E-state index contributed by atoms with van der Waals surface area (Å²) in [6, 6.07) is 7.31. The zero-order chi connectivity index (χ0) is 14.7. The lowest BCUT2D eigenvalue weighted by atomic mass is 9.82. The van der Waals surface area contributed by atoms with E-state index in [0.717, 1.165) is 6.42 Å². The van der Waals surface area contributed by atoms with Crippen LogP contribution in [0.3, 0.4) is 0 Å². The topological polar surface area (TPSA) is 37.4 Å². The quantitative estimate of drug-likeness (QED) is 0.802. The third kappa shape index (κ3) is 3.37. The lowest BCUT2D eigenvalue weighted by molar-refractivity contribution is 0.445. The molecule has 1 aromatic carbocycles. The fourth-order valence-corrected chi connectivity index (χ4v) is 3.45. The largest absolute Gasteiger partial charge is 0.243 e. The van der Waals surface area contributed by atoms with Gasteiger partial charge >= 0.3 is 0 Å². The molecule has 1 aromatic rings. The first-order chi connectivity index (χ1) is 8.79. The van der Waals surface area contributed by atoms with E-state index in [0.29, 0.717) is 18.0 Å². The van der Waals surface area contributed by atoms with Gasteiger partial charge in [-0.15, -0.1) is 0 Å². The molecule has 0 N–H and O–H groups in total. The lowest BCUT2D eigenvalue weighted by Crippen LogP contribution is -2.30. The van der Waals surface area contributed by atoms with Gasteiger partial charge in [0.1, 0.15) is 0 Å². The summed E-state index contributed by atoms with van der Waals surface area (Å²) in [5, 5.41) is 0. The molecular formula is C15H25NO2S. The highest BCUT2D eigenvalue weighted by Gasteiger charge is 2.23. The van der Waals surface area contributed by atoms with Crippen molar-refractivity contribution in [3.05, 3.63) is 29.8 Å². The molecule has 0 bridgehead atoms. The van der Waals surface area contributed by atoms with E-state index in [1.807, 2.05) is 26.0 Å². The fourth-order valence-electron chi connectivity index (χ4n) is 1.99. The maximum atomic E-state index is 12.4. The van der Waals surface area contributed by atoms with E-state index in [1.165, 1.54) is 9.87 Å². The molecule has 0 aliphatic rings. The highest BCUT2D eigenvalue weighted by Crippen LogP contribution is 2.28. The van der Waals surface area contributed by atoms with Crippen LogP contribution >= 0.6 is 0 Å². The van der Waals surface area contributed by atoms with E-state index in [1.54, 1.807) is 12.1 Å². The van der Waals surface area contributed by atoms with E-state index >= 15 is 0 Å². The number of nitrogens with zero attached hydrogens (tertiary/aromatic N) is 1. The van der Waals surface area contributed by atoms with Gasteiger partial charge in [-0.2, -0.15) is 4.31 Å². The summed E-state index contributed by atoms with van der Waals surface area (Å²) in [5.74, 6) is 0. The van der Waals surface area contributed by atoms with Gasteiger partial charge in [-0.3, -0.25) is 0 Å². The molecule has 0 saturated heterocycles. The van der Waals surface area contributed by atoms with Gasteiger partial charge in [0.25, 0.3) is 0 Å². The summed E-state index contributed by atoms with van der Waals surface area (Å²) in [6.07, 6.45) is 1.02. The molecule has 0 heterocycles. The molecule has 0 aliphatic carbocycles. The van der Waals surface area contributed by atoms with Gasteiger partial charge in [0.2, 0.25) is 10.0 Å². The zero-order valence-electron chi connectivity index (χ0n) is 12.6. The summed E-state index contributed by atoms with van der Waals surface area (Å²) < 4.78 is 26.2. The second-order valence-electron chi connectivity index (χ2n) is 5.35. The SMILES string of the molecule is CCN(CC)S(=O)(=O)c1ccc(C(C)(C)CC)cc1. The molecule has 0 saturated carbocycles. The molecule has 0 unspecified atom stereocenters. The highest BCUT2D eigenvalue weighted by atomic mass is 32.2. The molecule has 1 rings (SSSR count). The smallest absolute Gasteiger partial charge is 0.207 e. The molecule has 0 spiro atoms. The van der Waals surface area contributed by atoms with Crippen LogP contribution in [0.4, 0.5) is 0 Å². The molecule has 0 amide bonds. The Labute approximate surface area is 117 Å². The molecule has 0 radical (unpaired) electrons. The van der Waals surface area contributed by atoms with Crippen molar-refractivity contribution in [1.29, 1.82) is 0 Å². The molecule has 0 aromatic heterocycles. The minimum Gasteiger partial charge on any atom is -0.207 e. The Morgan fingerprint density at radius 1 is 1.00 bits per heavy atom. The van der Waals surface area contributed by atoms with Crippen LogP contribution < -0.4 is 0 Å². The summed E-state index contributed by atoms with van der Waals surface area (Å²) in [5.41, 5.74) is 1.26. The summed E-state index contributed by atoms with van der Waals surface area (Å²) in [4.78, 5) is 0.381. The van der Waals surface area contributed by atoms with Crippen molar-refractivity contribution in [3.63, 3.8) is 0 Å². The number of hydrogen-bond acceptors (Lipinski definition) is 2. The first-order valence-corrected chi connectivity index (χ1v) is 8.34. The lowest BCUT2D eigenvalue weighted by Gasteiger charge is -2.24. The Morgan fingerprint density at radius 2 is 1.47 bits per heavy atom. The van der Waals surface area contributed by atoms with Crippen molar-refractivity contribution in [1.82, 2.24) is 4.31 Å². The van der Waals surface area contributed by atoms with Crippen molar-refractivity contribution in [2.75, 3.05) is 13.1 Å². The minimum absolute atomic E-state index is 0.0808. The van der Waals surface area contributed by atoms with Gasteiger partial charge in [-0.25, -0.2) is 8.42 Å². The van der Waals surface area contributed by atoms with Gasteiger partial charge in [0, 0.05) is 13.1 Å². The second-order valence-corrected chi connectivity index (χ2v) is 7.29. The van der Waals surface area contributed by atoms with Crippen molar-refractivity contribution < 1.29 is 8.42 Å². The maximum Gasteiger partial charge on any atom is 0.243 e. The first-order valence-electron chi connectivity index (χ1n) is 6.90. The summed E-state index contributed by atoms with van der Waals surface area (Å²) in [7, 11) is -3.34. The Balaban J connectivity index is 3.12. The van der Waals surface area contributed by atoms with Crippen molar-refractivity contribution in [2.45, 2.75) is 51.3 Å². The molecule has 3 nitrogen and oxygen atoms in total. The highest BCUT2D eigenvalue weighted by molar-refractivity contribution is 7.89. The standard InChI is InChI=1S/C15H25NO2S/c1-6-15(4,5)13-9-11-14(12-10-13)19(17,18)16(7-2)8-3/h9-12H,6-8H2,1-5H3. The molecule has 108 valence electrons. The van der Waals surface area contributed by atoms with Crippen LogP contribution in [0.1, 0.15) is 46.6 Å². The van der Waals surface area contributed by atoms with E-state index in [9.17, 15) is 8.42 Å². The van der Waals surface area contributed by atoms with Crippen LogP contribution in [0.5, 0.6) is 0 Å². The predicted octanol–water partition coefficient (Wildman–Crippen LogP) is 3.40. The number of benzene rings is 1. The second kappa shape index (κ2) is 6.06. The van der Waals surface area contributed by atoms with E-state index < -0.39 is 10.0 Å². The summed E-state index contributed by atoms with van der Waals surface area (Å²) >= 11 is 0. The van der Waals surface area contributed by atoms with Crippen LogP contribution in [0, 0.1) is 0 Å². The molecular weight excluding hydrogens is 258 g/mol. The van der Waals surface area contributed by atoms with Crippen LogP contribution in [0.2, 0.25) is 0 Å². The summed E-state index contributed by atoms with van der Waals surface area (Å²) in [6.45, 7) is 11.2. The average molecular weight is 283 g/mol. The van der Waals surface area contributed by atoms with E-state index in [4.69, 9.17) is 0 Å². The molecule has 0 aliphatic heterocycles. The van der Waals surface area contributed by atoms with E-state index in [-0.39, 0.29) is 5.41 Å². The van der Waals surface area contributed by atoms with Gasteiger partial charge in [-0.05, 0) is 29.5 Å². The van der Waals surface area contributed by atoms with Crippen LogP contribution in [0.25, 0.3) is 0 Å². The van der Waals surface area contributed by atoms with Crippen molar-refractivity contribution in [3.8, 4) is 0 Å². The number of sulfonamides is 1. The monoisotopic (exact) mass is 283 g/mol. The number of rotatable bonds is 6. The Hall–Kier alpha value is -0.870. The third-order valence-electron chi connectivity index (χ3n) is 3.86.